The number of aromatic nitrogens is 1. The molecule has 0 amide bonds. The van der Waals surface area contributed by atoms with Gasteiger partial charge in [-0.3, -0.25) is 0 Å². The van der Waals surface area contributed by atoms with Crippen molar-refractivity contribution >= 4 is 16.5 Å². The van der Waals surface area contributed by atoms with E-state index < -0.39 is 0 Å². The number of anilines is 1. The molecule has 0 fully saturated rings. The van der Waals surface area contributed by atoms with Gasteiger partial charge in [0.15, 0.2) is 5.13 Å². The molecule has 2 N–H and O–H groups in total. The van der Waals surface area contributed by atoms with Gasteiger partial charge in [0.2, 0.25) is 0 Å². The molecule has 0 aliphatic carbocycles. The molecular weight excluding hydrogens is 248 g/mol. The van der Waals surface area contributed by atoms with Crippen molar-refractivity contribution in [2.24, 2.45) is 0 Å². The third-order valence-corrected chi connectivity index (χ3v) is 3.74. The van der Waals surface area contributed by atoms with Crippen LogP contribution < -0.4 is 15.2 Å². The molecule has 0 saturated heterocycles. The number of rotatable bonds is 4. The van der Waals surface area contributed by atoms with Crippen LogP contribution in [-0.2, 0) is 6.42 Å². The Labute approximate surface area is 110 Å². The SMILES string of the molecule is COc1ccc(Cc2sc(N)nc2C)c(OC)c1. The summed E-state index contributed by atoms with van der Waals surface area (Å²) < 4.78 is 10.6. The van der Waals surface area contributed by atoms with E-state index in [2.05, 4.69) is 4.98 Å². The first-order valence-corrected chi connectivity index (χ1v) is 6.38. The highest BCUT2D eigenvalue weighted by atomic mass is 32.1. The van der Waals surface area contributed by atoms with E-state index in [9.17, 15) is 0 Å². The molecule has 0 spiro atoms. The number of aryl methyl sites for hydroxylation is 1. The Morgan fingerprint density at radius 1 is 1.28 bits per heavy atom. The average Bonchev–Trinajstić information content (AvgIpc) is 2.68. The van der Waals surface area contributed by atoms with Crippen LogP contribution >= 0.6 is 11.3 Å². The second-order valence-electron chi connectivity index (χ2n) is 3.92. The summed E-state index contributed by atoms with van der Waals surface area (Å²) in [6.45, 7) is 1.97. The Kier molecular flexibility index (Phi) is 3.72. The van der Waals surface area contributed by atoms with E-state index in [1.807, 2.05) is 25.1 Å². The number of nitrogens with two attached hydrogens (primary N) is 1. The van der Waals surface area contributed by atoms with Crippen molar-refractivity contribution in [2.75, 3.05) is 20.0 Å². The van der Waals surface area contributed by atoms with Crippen LogP contribution in [0.25, 0.3) is 0 Å². The highest BCUT2D eigenvalue weighted by Gasteiger charge is 2.10. The standard InChI is InChI=1S/C13H16N2O2S/c1-8-12(18-13(14)15-8)6-9-4-5-10(16-2)7-11(9)17-3/h4-5,7H,6H2,1-3H3,(H2,14,15). The number of methoxy groups -OCH3 is 2. The molecule has 0 bridgehead atoms. The fourth-order valence-corrected chi connectivity index (χ4v) is 2.64. The molecule has 0 unspecified atom stereocenters. The minimum atomic E-state index is 0.606. The zero-order valence-corrected chi connectivity index (χ0v) is 11.5. The van der Waals surface area contributed by atoms with Crippen LogP contribution in [0.4, 0.5) is 5.13 Å². The maximum absolute atomic E-state index is 5.71. The molecule has 2 rings (SSSR count). The summed E-state index contributed by atoms with van der Waals surface area (Å²) in [7, 11) is 3.30. The van der Waals surface area contributed by atoms with Crippen LogP contribution in [0.1, 0.15) is 16.1 Å². The number of hydrogen-bond donors (Lipinski definition) is 1. The van der Waals surface area contributed by atoms with Gasteiger partial charge in [0.05, 0.1) is 19.9 Å². The van der Waals surface area contributed by atoms with Gasteiger partial charge in [-0.1, -0.05) is 6.07 Å². The summed E-state index contributed by atoms with van der Waals surface area (Å²) in [6, 6.07) is 5.82. The van der Waals surface area contributed by atoms with Gasteiger partial charge >= 0.3 is 0 Å². The predicted octanol–water partition coefficient (Wildman–Crippen LogP) is 2.64. The van der Waals surface area contributed by atoms with Crippen molar-refractivity contribution in [3.63, 3.8) is 0 Å². The van der Waals surface area contributed by atoms with Crippen LogP contribution in [0.15, 0.2) is 18.2 Å². The Morgan fingerprint density at radius 2 is 2.06 bits per heavy atom. The van der Waals surface area contributed by atoms with Crippen molar-refractivity contribution in [1.82, 2.24) is 4.98 Å². The Bertz CT molecular complexity index is 552. The van der Waals surface area contributed by atoms with Crippen LogP contribution in [0.3, 0.4) is 0 Å². The topological polar surface area (TPSA) is 57.4 Å². The van der Waals surface area contributed by atoms with Gasteiger partial charge in [0, 0.05) is 17.4 Å². The molecule has 0 radical (unpaired) electrons. The molecule has 0 atom stereocenters. The Balaban J connectivity index is 2.31. The minimum Gasteiger partial charge on any atom is -0.497 e. The zero-order valence-electron chi connectivity index (χ0n) is 10.7. The second-order valence-corrected chi connectivity index (χ2v) is 5.03. The summed E-state index contributed by atoms with van der Waals surface area (Å²) in [5.41, 5.74) is 7.79. The molecule has 0 aliphatic heterocycles. The Hall–Kier alpha value is -1.75. The van der Waals surface area contributed by atoms with Crippen molar-refractivity contribution < 1.29 is 9.47 Å². The summed E-state index contributed by atoms with van der Waals surface area (Å²) in [5, 5.41) is 0.606. The quantitative estimate of drug-likeness (QED) is 0.922. The zero-order chi connectivity index (χ0) is 13.1. The van der Waals surface area contributed by atoms with Crippen molar-refractivity contribution in [2.45, 2.75) is 13.3 Å². The molecule has 0 saturated carbocycles. The lowest BCUT2D eigenvalue weighted by Crippen LogP contribution is -1.95. The largest absolute Gasteiger partial charge is 0.497 e. The molecule has 96 valence electrons. The highest BCUT2D eigenvalue weighted by Crippen LogP contribution is 2.30. The lowest BCUT2D eigenvalue weighted by Gasteiger charge is -2.09. The lowest BCUT2D eigenvalue weighted by atomic mass is 10.1. The van der Waals surface area contributed by atoms with E-state index in [0.717, 1.165) is 34.1 Å². The van der Waals surface area contributed by atoms with E-state index in [-0.39, 0.29) is 0 Å². The first kappa shape index (κ1) is 12.7. The van der Waals surface area contributed by atoms with Gasteiger partial charge in [0.1, 0.15) is 11.5 Å². The summed E-state index contributed by atoms with van der Waals surface area (Å²) in [6.07, 6.45) is 0.772. The Morgan fingerprint density at radius 3 is 2.61 bits per heavy atom. The van der Waals surface area contributed by atoms with Crippen LogP contribution in [0.2, 0.25) is 0 Å². The number of nitrogens with zero attached hydrogens (tertiary/aromatic N) is 1. The van der Waals surface area contributed by atoms with Gasteiger partial charge in [-0.15, -0.1) is 11.3 Å². The maximum atomic E-state index is 5.71. The first-order chi connectivity index (χ1) is 8.63. The minimum absolute atomic E-state index is 0.606. The van der Waals surface area contributed by atoms with E-state index in [4.69, 9.17) is 15.2 Å². The number of hydrogen-bond acceptors (Lipinski definition) is 5. The summed E-state index contributed by atoms with van der Waals surface area (Å²) in [4.78, 5) is 5.39. The second kappa shape index (κ2) is 5.27. The van der Waals surface area contributed by atoms with E-state index in [1.54, 1.807) is 14.2 Å². The van der Waals surface area contributed by atoms with Crippen molar-refractivity contribution in [3.05, 3.63) is 34.3 Å². The van der Waals surface area contributed by atoms with Gasteiger partial charge in [-0.05, 0) is 18.6 Å². The molecule has 18 heavy (non-hydrogen) atoms. The molecule has 1 heterocycles. The van der Waals surface area contributed by atoms with E-state index >= 15 is 0 Å². The third kappa shape index (κ3) is 2.56. The number of ether oxygens (including phenoxy) is 2. The smallest absolute Gasteiger partial charge is 0.180 e. The summed E-state index contributed by atoms with van der Waals surface area (Å²) in [5.74, 6) is 1.61. The highest BCUT2D eigenvalue weighted by molar-refractivity contribution is 7.15. The van der Waals surface area contributed by atoms with E-state index in [0.29, 0.717) is 5.13 Å². The molecule has 5 heteroatoms. The van der Waals surface area contributed by atoms with Crippen LogP contribution in [-0.4, -0.2) is 19.2 Å². The average molecular weight is 264 g/mol. The van der Waals surface area contributed by atoms with Gasteiger partial charge < -0.3 is 15.2 Å². The summed E-state index contributed by atoms with van der Waals surface area (Å²) >= 11 is 1.52. The number of benzene rings is 1. The normalized spacial score (nSPS) is 10.4. The maximum Gasteiger partial charge on any atom is 0.180 e. The van der Waals surface area contributed by atoms with Gasteiger partial charge in [-0.2, -0.15) is 0 Å². The molecule has 1 aromatic heterocycles. The molecule has 1 aromatic carbocycles. The van der Waals surface area contributed by atoms with Crippen LogP contribution in [0.5, 0.6) is 11.5 Å². The van der Waals surface area contributed by atoms with Crippen LogP contribution in [0, 0.1) is 6.92 Å². The van der Waals surface area contributed by atoms with Gasteiger partial charge in [0.25, 0.3) is 0 Å². The molecular formula is C13H16N2O2S. The molecule has 2 aromatic rings. The fourth-order valence-electron chi connectivity index (χ4n) is 1.79. The van der Waals surface area contributed by atoms with Gasteiger partial charge in [-0.25, -0.2) is 4.98 Å². The number of nitrogen functional groups attached to an aromatic ring is 1. The monoisotopic (exact) mass is 264 g/mol. The number of thiazole rings is 1. The van der Waals surface area contributed by atoms with Crippen molar-refractivity contribution in [1.29, 1.82) is 0 Å². The third-order valence-electron chi connectivity index (χ3n) is 2.75. The predicted molar refractivity (Wildman–Crippen MR) is 73.6 cm³/mol. The molecule has 4 nitrogen and oxygen atoms in total. The van der Waals surface area contributed by atoms with Crippen molar-refractivity contribution in [3.8, 4) is 11.5 Å². The fraction of sp³-hybridized carbons (Fsp3) is 0.308. The van der Waals surface area contributed by atoms with E-state index in [1.165, 1.54) is 11.3 Å². The molecule has 0 aliphatic rings. The lowest BCUT2D eigenvalue weighted by molar-refractivity contribution is 0.391. The first-order valence-electron chi connectivity index (χ1n) is 5.56.